The van der Waals surface area contributed by atoms with Crippen molar-refractivity contribution in [2.24, 2.45) is 0 Å². The van der Waals surface area contributed by atoms with Crippen LogP contribution in [0.25, 0.3) is 0 Å². The third-order valence-electron chi connectivity index (χ3n) is 2.55. The topological polar surface area (TPSA) is 43.5 Å². The first-order valence-corrected chi connectivity index (χ1v) is 5.61. The van der Waals surface area contributed by atoms with Gasteiger partial charge in [0.1, 0.15) is 6.10 Å². The second kappa shape index (κ2) is 4.78. The number of hydrogen-bond acceptors (Lipinski definition) is 4. The Morgan fingerprint density at radius 2 is 1.80 bits per heavy atom. The van der Waals surface area contributed by atoms with Gasteiger partial charge in [0.05, 0.1) is 44.7 Å². The largest absolute Gasteiger partial charge is 0.376 e. The Morgan fingerprint density at radius 3 is 2.40 bits per heavy atom. The summed E-state index contributed by atoms with van der Waals surface area (Å²) in [5.41, 5.74) is -0.0966. The fraction of sp³-hybridized carbons (Fsp3) is 1.00. The molecule has 0 aromatic rings. The molecule has 2 heterocycles. The van der Waals surface area contributed by atoms with Crippen LogP contribution in [0.2, 0.25) is 0 Å². The van der Waals surface area contributed by atoms with Gasteiger partial charge in [-0.1, -0.05) is 0 Å². The number of ether oxygens (including phenoxy) is 4. The molecule has 0 bridgehead atoms. The molecule has 0 radical (unpaired) electrons. The summed E-state index contributed by atoms with van der Waals surface area (Å²) in [6, 6.07) is 0. The predicted octanol–water partition coefficient (Wildman–Crippen LogP) is 0.986. The molecule has 0 aromatic heterocycles. The lowest BCUT2D eigenvalue weighted by atomic mass is 10.0. The molecule has 2 aliphatic heterocycles. The molecule has 2 atom stereocenters. The third kappa shape index (κ3) is 4.93. The van der Waals surface area contributed by atoms with E-state index in [2.05, 4.69) is 13.8 Å². The molecule has 0 N–H and O–H groups in total. The van der Waals surface area contributed by atoms with Crippen LogP contribution in [0.1, 0.15) is 20.3 Å². The maximum Gasteiger partial charge on any atom is 0.104 e. The molecule has 0 unspecified atom stereocenters. The van der Waals surface area contributed by atoms with E-state index in [0.717, 1.165) is 19.6 Å². The van der Waals surface area contributed by atoms with Crippen molar-refractivity contribution < 1.29 is 18.9 Å². The summed E-state index contributed by atoms with van der Waals surface area (Å²) >= 11 is 0. The Morgan fingerprint density at radius 1 is 1.13 bits per heavy atom. The Balaban J connectivity index is 1.47. The van der Waals surface area contributed by atoms with Crippen molar-refractivity contribution in [3.05, 3.63) is 0 Å². The monoisotopic (exact) mass is 216 g/mol. The van der Waals surface area contributed by atoms with Crippen molar-refractivity contribution >= 4 is 0 Å². The molecule has 2 rings (SSSR count). The minimum absolute atomic E-state index is 0.0966. The summed E-state index contributed by atoms with van der Waals surface area (Å²) in [5, 5.41) is 0. The molecule has 4 nitrogen and oxygen atoms in total. The van der Waals surface area contributed by atoms with E-state index >= 15 is 0 Å². The van der Waals surface area contributed by atoms with Crippen molar-refractivity contribution in [3.8, 4) is 0 Å². The molecule has 0 spiro atoms. The van der Waals surface area contributed by atoms with Crippen LogP contribution in [-0.4, -0.2) is 50.8 Å². The fourth-order valence-corrected chi connectivity index (χ4v) is 1.55. The number of epoxide rings is 2. The molecular weight excluding hydrogens is 196 g/mol. The van der Waals surface area contributed by atoms with Gasteiger partial charge >= 0.3 is 0 Å². The highest BCUT2D eigenvalue weighted by atomic mass is 16.6. The van der Waals surface area contributed by atoms with Crippen LogP contribution in [0.15, 0.2) is 0 Å². The summed E-state index contributed by atoms with van der Waals surface area (Å²) < 4.78 is 21.3. The average molecular weight is 216 g/mol. The Labute approximate surface area is 90.8 Å². The lowest BCUT2D eigenvalue weighted by molar-refractivity contribution is -0.0543. The van der Waals surface area contributed by atoms with Crippen LogP contribution in [0, 0.1) is 0 Å². The van der Waals surface area contributed by atoms with Crippen LogP contribution < -0.4 is 0 Å². The van der Waals surface area contributed by atoms with Gasteiger partial charge in [-0.25, -0.2) is 0 Å². The van der Waals surface area contributed by atoms with Crippen molar-refractivity contribution in [1.29, 1.82) is 0 Å². The van der Waals surface area contributed by atoms with Crippen LogP contribution in [0.4, 0.5) is 0 Å². The van der Waals surface area contributed by atoms with E-state index in [1.807, 2.05) is 0 Å². The van der Waals surface area contributed by atoms with Gasteiger partial charge in [0.15, 0.2) is 0 Å². The standard InChI is InChI=1S/C11H20O4/c1-11(2,5-9-7-13-9)15-4-3-12-6-10-8-14-10/h9-10H,3-8H2,1-2H3/t9-,10-/m1/s1. The van der Waals surface area contributed by atoms with E-state index in [4.69, 9.17) is 18.9 Å². The second-order valence-electron chi connectivity index (χ2n) is 4.80. The highest BCUT2D eigenvalue weighted by molar-refractivity contribution is 4.80. The Kier molecular flexibility index (Phi) is 3.61. The normalized spacial score (nSPS) is 29.2. The van der Waals surface area contributed by atoms with E-state index in [9.17, 15) is 0 Å². The second-order valence-corrected chi connectivity index (χ2v) is 4.80. The van der Waals surface area contributed by atoms with E-state index in [0.29, 0.717) is 32.0 Å². The van der Waals surface area contributed by atoms with Crippen molar-refractivity contribution in [2.75, 3.05) is 33.0 Å². The van der Waals surface area contributed by atoms with Gasteiger partial charge < -0.3 is 18.9 Å². The smallest absolute Gasteiger partial charge is 0.104 e. The first-order valence-electron chi connectivity index (χ1n) is 5.61. The summed E-state index contributed by atoms with van der Waals surface area (Å²) in [7, 11) is 0. The predicted molar refractivity (Wildman–Crippen MR) is 54.9 cm³/mol. The minimum Gasteiger partial charge on any atom is -0.376 e. The van der Waals surface area contributed by atoms with Gasteiger partial charge in [0.2, 0.25) is 0 Å². The van der Waals surface area contributed by atoms with E-state index < -0.39 is 0 Å². The highest BCUT2D eigenvalue weighted by Crippen LogP contribution is 2.24. The van der Waals surface area contributed by atoms with Crippen LogP contribution in [0.3, 0.4) is 0 Å². The first kappa shape index (κ1) is 11.3. The molecule has 2 saturated heterocycles. The van der Waals surface area contributed by atoms with E-state index in [1.165, 1.54) is 0 Å². The van der Waals surface area contributed by atoms with Crippen molar-refractivity contribution in [3.63, 3.8) is 0 Å². The molecule has 2 aliphatic rings. The van der Waals surface area contributed by atoms with Crippen LogP contribution in [-0.2, 0) is 18.9 Å². The summed E-state index contributed by atoms with van der Waals surface area (Å²) in [4.78, 5) is 0. The van der Waals surface area contributed by atoms with Gasteiger partial charge in [0, 0.05) is 6.42 Å². The molecule has 15 heavy (non-hydrogen) atoms. The molecule has 88 valence electrons. The molecule has 0 amide bonds. The van der Waals surface area contributed by atoms with Gasteiger partial charge in [-0.15, -0.1) is 0 Å². The summed E-state index contributed by atoms with van der Waals surface area (Å²) in [6.07, 6.45) is 1.73. The van der Waals surface area contributed by atoms with E-state index in [1.54, 1.807) is 0 Å². The quantitative estimate of drug-likeness (QED) is 0.448. The van der Waals surface area contributed by atoms with Gasteiger partial charge in [0.25, 0.3) is 0 Å². The third-order valence-corrected chi connectivity index (χ3v) is 2.55. The van der Waals surface area contributed by atoms with Crippen molar-refractivity contribution in [1.82, 2.24) is 0 Å². The van der Waals surface area contributed by atoms with Crippen LogP contribution >= 0.6 is 0 Å². The Hall–Kier alpha value is -0.160. The lowest BCUT2D eigenvalue weighted by Gasteiger charge is -2.24. The molecule has 0 saturated carbocycles. The molecule has 4 heteroatoms. The zero-order chi connectivity index (χ0) is 10.7. The fourth-order valence-electron chi connectivity index (χ4n) is 1.55. The van der Waals surface area contributed by atoms with E-state index in [-0.39, 0.29) is 5.60 Å². The summed E-state index contributed by atoms with van der Waals surface area (Å²) in [5.74, 6) is 0. The lowest BCUT2D eigenvalue weighted by Crippen LogP contribution is -2.28. The molecule has 0 aliphatic carbocycles. The van der Waals surface area contributed by atoms with Gasteiger partial charge in [-0.3, -0.25) is 0 Å². The first-order chi connectivity index (χ1) is 7.16. The molecule has 0 aromatic carbocycles. The maximum absolute atomic E-state index is 5.74. The zero-order valence-corrected chi connectivity index (χ0v) is 9.53. The number of hydrogen-bond donors (Lipinski definition) is 0. The minimum atomic E-state index is -0.0966. The SMILES string of the molecule is CC(C)(C[C@@H]1CO1)OCCOC[C@@H]1CO1. The van der Waals surface area contributed by atoms with Gasteiger partial charge in [-0.05, 0) is 13.8 Å². The highest BCUT2D eigenvalue weighted by Gasteiger charge is 2.31. The van der Waals surface area contributed by atoms with Crippen LogP contribution in [0.5, 0.6) is 0 Å². The Bertz CT molecular complexity index is 197. The molecular formula is C11H20O4. The van der Waals surface area contributed by atoms with Crippen molar-refractivity contribution in [2.45, 2.75) is 38.1 Å². The summed E-state index contributed by atoms with van der Waals surface area (Å²) in [6.45, 7) is 7.93. The number of rotatable bonds is 8. The molecule has 2 fully saturated rings. The maximum atomic E-state index is 5.74. The van der Waals surface area contributed by atoms with Gasteiger partial charge in [-0.2, -0.15) is 0 Å². The zero-order valence-electron chi connectivity index (χ0n) is 9.53. The average Bonchev–Trinajstić information content (AvgIpc) is 2.96.